The van der Waals surface area contributed by atoms with E-state index in [1.165, 1.54) is 6.92 Å². The van der Waals surface area contributed by atoms with Crippen molar-refractivity contribution in [1.29, 1.82) is 0 Å². The van der Waals surface area contributed by atoms with Gasteiger partial charge in [-0.1, -0.05) is 17.7 Å². The van der Waals surface area contributed by atoms with E-state index in [-0.39, 0.29) is 75.6 Å². The average Bonchev–Trinajstić information content (AvgIpc) is 2.81. The Morgan fingerprint density at radius 2 is 1.60 bits per heavy atom. The molecule has 1 rings (SSSR count). The number of hydrogen-bond acceptors (Lipinski definition) is 7. The highest BCUT2D eigenvalue weighted by molar-refractivity contribution is 5.94. The molecule has 0 bridgehead atoms. The number of hydrogen-bond donors (Lipinski definition) is 3. The summed E-state index contributed by atoms with van der Waals surface area (Å²) in [6.45, 7) is 4.64. The Hall–Kier alpha value is -3.11. The molecule has 194 valence electrons. The molecule has 1 aromatic rings. The number of carbonyl (C=O) groups is 5. The molecule has 0 heterocycles. The van der Waals surface area contributed by atoms with Gasteiger partial charge in [-0.3, -0.25) is 19.2 Å². The highest BCUT2D eigenvalue weighted by Gasteiger charge is 2.20. The largest absolute Gasteiger partial charge is 0.481 e. The van der Waals surface area contributed by atoms with Gasteiger partial charge in [-0.2, -0.15) is 0 Å². The average molecular weight is 493 g/mol. The number of ketones is 2. The van der Waals surface area contributed by atoms with Crippen LogP contribution in [0.3, 0.4) is 0 Å². The highest BCUT2D eigenvalue weighted by Crippen LogP contribution is 2.12. The van der Waals surface area contributed by atoms with E-state index in [4.69, 9.17) is 14.6 Å². The maximum atomic E-state index is 12.0. The predicted octanol–water partition coefficient (Wildman–Crippen LogP) is 1.68. The van der Waals surface area contributed by atoms with E-state index in [1.54, 1.807) is 12.1 Å². The first-order valence-electron chi connectivity index (χ1n) is 11.7. The van der Waals surface area contributed by atoms with E-state index in [9.17, 15) is 24.0 Å². The first-order valence-corrected chi connectivity index (χ1v) is 11.7. The molecule has 2 amide bonds. The van der Waals surface area contributed by atoms with Gasteiger partial charge >= 0.3 is 5.97 Å². The van der Waals surface area contributed by atoms with Gasteiger partial charge in [0.1, 0.15) is 12.4 Å². The van der Waals surface area contributed by atoms with Crippen LogP contribution in [0.1, 0.15) is 54.9 Å². The smallest absolute Gasteiger partial charge is 0.306 e. The van der Waals surface area contributed by atoms with Crippen LogP contribution >= 0.6 is 0 Å². The zero-order valence-corrected chi connectivity index (χ0v) is 20.5. The van der Waals surface area contributed by atoms with Crippen molar-refractivity contribution in [1.82, 2.24) is 10.6 Å². The van der Waals surface area contributed by atoms with Gasteiger partial charge in [0.2, 0.25) is 5.91 Å². The molecule has 35 heavy (non-hydrogen) atoms. The number of ether oxygens (including phenoxy) is 2. The second kappa shape index (κ2) is 17.3. The lowest BCUT2D eigenvalue weighted by atomic mass is 9.97. The summed E-state index contributed by atoms with van der Waals surface area (Å²) in [5.41, 5.74) is 1.66. The van der Waals surface area contributed by atoms with Crippen LogP contribution in [-0.4, -0.2) is 74.0 Å². The maximum absolute atomic E-state index is 12.0. The van der Waals surface area contributed by atoms with Crippen molar-refractivity contribution in [2.24, 2.45) is 5.92 Å². The first kappa shape index (κ1) is 29.9. The fourth-order valence-corrected chi connectivity index (χ4v) is 3.09. The SMILES string of the molecule is CC(=O)CC(CCC(=O)NCCOCCOCC(=O)CCCNC(=O)c1ccc(C)cc1)C(=O)O. The third-order valence-electron chi connectivity index (χ3n) is 5.04. The van der Waals surface area contributed by atoms with Crippen LogP contribution in [0, 0.1) is 12.8 Å². The summed E-state index contributed by atoms with van der Waals surface area (Å²) in [4.78, 5) is 57.7. The minimum absolute atomic E-state index is 0.0190. The Morgan fingerprint density at radius 1 is 0.914 bits per heavy atom. The zero-order chi connectivity index (χ0) is 26.1. The first-order chi connectivity index (χ1) is 16.7. The molecule has 0 saturated heterocycles. The predicted molar refractivity (Wildman–Crippen MR) is 128 cm³/mol. The summed E-state index contributed by atoms with van der Waals surface area (Å²) in [7, 11) is 0. The molecule has 10 nitrogen and oxygen atoms in total. The number of rotatable bonds is 19. The van der Waals surface area contributed by atoms with Crippen LogP contribution in [0.25, 0.3) is 0 Å². The second-order valence-electron chi connectivity index (χ2n) is 8.26. The van der Waals surface area contributed by atoms with Crippen molar-refractivity contribution in [2.75, 3.05) is 39.5 Å². The number of Topliss-reactive ketones (excluding diaryl/α,β-unsaturated/α-hetero) is 2. The lowest BCUT2D eigenvalue weighted by Gasteiger charge is -2.11. The molecular formula is C25H36N2O8. The molecule has 10 heteroatoms. The summed E-state index contributed by atoms with van der Waals surface area (Å²) in [6, 6.07) is 7.26. The molecule has 0 aliphatic carbocycles. The van der Waals surface area contributed by atoms with Gasteiger partial charge in [-0.15, -0.1) is 0 Å². The lowest BCUT2D eigenvalue weighted by Crippen LogP contribution is -2.29. The number of nitrogens with one attached hydrogen (secondary N) is 2. The zero-order valence-electron chi connectivity index (χ0n) is 20.5. The molecule has 0 aromatic heterocycles. The van der Waals surface area contributed by atoms with Crippen LogP contribution < -0.4 is 10.6 Å². The van der Waals surface area contributed by atoms with Gasteiger partial charge in [0.15, 0.2) is 5.78 Å². The number of benzene rings is 1. The molecule has 0 fully saturated rings. The van der Waals surface area contributed by atoms with Crippen LogP contribution in [0.2, 0.25) is 0 Å². The van der Waals surface area contributed by atoms with Gasteiger partial charge in [-0.25, -0.2) is 0 Å². The topological polar surface area (TPSA) is 148 Å². The monoisotopic (exact) mass is 492 g/mol. The van der Waals surface area contributed by atoms with Crippen molar-refractivity contribution < 1.29 is 38.6 Å². The maximum Gasteiger partial charge on any atom is 0.306 e. The van der Waals surface area contributed by atoms with Gasteiger partial charge in [0, 0.05) is 37.9 Å². The molecule has 3 N–H and O–H groups in total. The standard InChI is InChI=1S/C25H36N2O8/c1-18-5-7-20(8-6-18)24(31)27-11-3-4-22(29)17-35-15-14-34-13-12-26-23(30)10-9-21(25(32)33)16-19(2)28/h5-8,21H,3-4,9-17H2,1-2H3,(H,26,30)(H,27,31)(H,32,33). The quantitative estimate of drug-likeness (QED) is 0.247. The third-order valence-corrected chi connectivity index (χ3v) is 5.04. The van der Waals surface area contributed by atoms with Crippen molar-refractivity contribution in [3.8, 4) is 0 Å². The van der Waals surface area contributed by atoms with Crippen molar-refractivity contribution in [2.45, 2.75) is 46.0 Å². The molecule has 0 spiro atoms. The van der Waals surface area contributed by atoms with E-state index < -0.39 is 11.9 Å². The van der Waals surface area contributed by atoms with E-state index in [0.29, 0.717) is 24.9 Å². The van der Waals surface area contributed by atoms with Crippen LogP contribution in [0.15, 0.2) is 24.3 Å². The molecule has 1 unspecified atom stereocenters. The second-order valence-corrected chi connectivity index (χ2v) is 8.26. The van der Waals surface area contributed by atoms with Gasteiger partial charge in [0.05, 0.1) is 25.7 Å². The van der Waals surface area contributed by atoms with Crippen molar-refractivity contribution in [3.05, 3.63) is 35.4 Å². The number of carbonyl (C=O) groups excluding carboxylic acids is 4. The summed E-state index contributed by atoms with van der Waals surface area (Å²) in [6.07, 6.45) is 0.862. The molecule has 0 aliphatic heterocycles. The minimum Gasteiger partial charge on any atom is -0.481 e. The van der Waals surface area contributed by atoms with Crippen LogP contribution in [0.4, 0.5) is 0 Å². The Labute approximate surface area is 205 Å². The van der Waals surface area contributed by atoms with Crippen LogP contribution in [0.5, 0.6) is 0 Å². The molecular weight excluding hydrogens is 456 g/mol. The number of amides is 2. The Morgan fingerprint density at radius 3 is 2.26 bits per heavy atom. The van der Waals surface area contributed by atoms with Gasteiger partial charge in [0.25, 0.3) is 5.91 Å². The third kappa shape index (κ3) is 14.7. The normalized spacial score (nSPS) is 11.5. The van der Waals surface area contributed by atoms with Crippen LogP contribution in [-0.2, 0) is 28.7 Å². The molecule has 1 atom stereocenters. The van der Waals surface area contributed by atoms with E-state index in [1.807, 2.05) is 19.1 Å². The van der Waals surface area contributed by atoms with E-state index in [2.05, 4.69) is 10.6 Å². The summed E-state index contributed by atoms with van der Waals surface area (Å²) in [5.74, 6) is -2.70. The number of carboxylic acids is 1. The Kier molecular flexibility index (Phi) is 14.8. The lowest BCUT2D eigenvalue weighted by molar-refractivity contribution is -0.144. The van der Waals surface area contributed by atoms with E-state index >= 15 is 0 Å². The minimum atomic E-state index is -1.08. The van der Waals surface area contributed by atoms with Gasteiger partial charge < -0.3 is 30.0 Å². The summed E-state index contributed by atoms with van der Waals surface area (Å²) >= 11 is 0. The molecule has 1 aromatic carbocycles. The van der Waals surface area contributed by atoms with Crippen molar-refractivity contribution in [3.63, 3.8) is 0 Å². The molecule has 0 saturated carbocycles. The summed E-state index contributed by atoms with van der Waals surface area (Å²) < 4.78 is 10.6. The van der Waals surface area contributed by atoms with Gasteiger partial charge in [-0.05, 0) is 38.8 Å². The molecule has 0 radical (unpaired) electrons. The Bertz CT molecular complexity index is 838. The Balaban J connectivity index is 1.98. The number of aliphatic carboxylic acids is 1. The van der Waals surface area contributed by atoms with E-state index in [0.717, 1.165) is 5.56 Å². The number of carboxylic acid groups (broad SMARTS) is 1. The van der Waals surface area contributed by atoms with Crippen molar-refractivity contribution >= 4 is 29.4 Å². The summed E-state index contributed by atoms with van der Waals surface area (Å²) in [5, 5.41) is 14.5. The molecule has 0 aliphatic rings. The number of aryl methyl sites for hydroxylation is 1. The fraction of sp³-hybridized carbons (Fsp3) is 0.560. The highest BCUT2D eigenvalue weighted by atomic mass is 16.5. The fourth-order valence-electron chi connectivity index (χ4n) is 3.09.